The molecule has 2 aromatic carbocycles. The number of amides is 1. The number of hydrogen-bond donors (Lipinski definition) is 2. The van der Waals surface area contributed by atoms with Gasteiger partial charge in [0.25, 0.3) is 0 Å². The standard InChI is InChI=1S/C18H22N2O3S/c1-13-9-10-17(14(2)11-13)24(22,23)19-12-18(21)20-15(3)16-7-5-4-6-8-16/h4-11,15,19H,12H2,1-3H3,(H,20,21). The summed E-state index contributed by atoms with van der Waals surface area (Å²) in [4.78, 5) is 12.2. The van der Waals surface area contributed by atoms with Crippen molar-refractivity contribution in [1.82, 2.24) is 10.0 Å². The average Bonchev–Trinajstić information content (AvgIpc) is 2.53. The minimum Gasteiger partial charge on any atom is -0.348 e. The van der Waals surface area contributed by atoms with Crippen molar-refractivity contribution in [3.63, 3.8) is 0 Å². The summed E-state index contributed by atoms with van der Waals surface area (Å²) in [6, 6.07) is 14.4. The first kappa shape index (κ1) is 18.2. The van der Waals surface area contributed by atoms with E-state index in [0.29, 0.717) is 5.56 Å². The summed E-state index contributed by atoms with van der Waals surface area (Å²) in [5, 5.41) is 2.78. The molecule has 2 rings (SSSR count). The van der Waals surface area contributed by atoms with E-state index in [-0.39, 0.29) is 23.4 Å². The number of nitrogens with one attached hydrogen (secondary N) is 2. The maximum Gasteiger partial charge on any atom is 0.241 e. The average molecular weight is 346 g/mol. The van der Waals surface area contributed by atoms with Gasteiger partial charge in [0.2, 0.25) is 15.9 Å². The molecule has 0 aliphatic rings. The fourth-order valence-electron chi connectivity index (χ4n) is 2.46. The molecule has 24 heavy (non-hydrogen) atoms. The molecule has 0 saturated carbocycles. The van der Waals surface area contributed by atoms with E-state index in [1.54, 1.807) is 25.1 Å². The van der Waals surface area contributed by atoms with E-state index in [1.807, 2.05) is 44.2 Å². The normalized spacial score (nSPS) is 12.6. The maximum absolute atomic E-state index is 12.3. The lowest BCUT2D eigenvalue weighted by Crippen LogP contribution is -2.38. The zero-order valence-corrected chi connectivity index (χ0v) is 14.9. The molecule has 0 aliphatic carbocycles. The summed E-state index contributed by atoms with van der Waals surface area (Å²) in [5.74, 6) is -0.375. The van der Waals surface area contributed by atoms with E-state index in [0.717, 1.165) is 11.1 Å². The Kier molecular flexibility index (Phi) is 5.75. The SMILES string of the molecule is Cc1ccc(S(=O)(=O)NCC(=O)NC(C)c2ccccc2)c(C)c1. The lowest BCUT2D eigenvalue weighted by Gasteiger charge is -2.15. The molecule has 128 valence electrons. The van der Waals surface area contributed by atoms with Gasteiger partial charge in [-0.05, 0) is 38.0 Å². The number of carbonyl (C=O) groups is 1. The highest BCUT2D eigenvalue weighted by Crippen LogP contribution is 2.16. The first-order valence-corrected chi connectivity index (χ1v) is 9.19. The van der Waals surface area contributed by atoms with Crippen LogP contribution in [0.25, 0.3) is 0 Å². The minimum absolute atomic E-state index is 0.190. The Morgan fingerprint density at radius 3 is 2.38 bits per heavy atom. The molecule has 2 N–H and O–H groups in total. The molecule has 0 aliphatic heterocycles. The van der Waals surface area contributed by atoms with Gasteiger partial charge in [-0.15, -0.1) is 0 Å². The minimum atomic E-state index is -3.71. The highest BCUT2D eigenvalue weighted by atomic mass is 32.2. The zero-order chi connectivity index (χ0) is 17.7. The Labute approximate surface area is 143 Å². The van der Waals surface area contributed by atoms with Crippen LogP contribution in [0, 0.1) is 13.8 Å². The van der Waals surface area contributed by atoms with E-state index in [2.05, 4.69) is 10.0 Å². The van der Waals surface area contributed by atoms with E-state index in [9.17, 15) is 13.2 Å². The molecule has 1 amide bonds. The van der Waals surface area contributed by atoms with Crippen LogP contribution in [0.3, 0.4) is 0 Å². The zero-order valence-electron chi connectivity index (χ0n) is 14.0. The van der Waals surface area contributed by atoms with Crippen LogP contribution in [-0.2, 0) is 14.8 Å². The molecule has 6 heteroatoms. The third-order valence-electron chi connectivity index (χ3n) is 3.72. The third-order valence-corrected chi connectivity index (χ3v) is 5.28. The van der Waals surface area contributed by atoms with Gasteiger partial charge in [0, 0.05) is 0 Å². The Bertz CT molecular complexity index is 817. The highest BCUT2D eigenvalue weighted by molar-refractivity contribution is 7.89. The second-order valence-electron chi connectivity index (χ2n) is 5.79. The van der Waals surface area contributed by atoms with Gasteiger partial charge >= 0.3 is 0 Å². The highest BCUT2D eigenvalue weighted by Gasteiger charge is 2.18. The molecular weight excluding hydrogens is 324 g/mol. The molecule has 1 atom stereocenters. The van der Waals surface area contributed by atoms with Crippen LogP contribution in [0.2, 0.25) is 0 Å². The maximum atomic E-state index is 12.3. The Balaban J connectivity index is 1.98. The van der Waals surface area contributed by atoms with E-state index < -0.39 is 10.0 Å². The molecule has 0 aromatic heterocycles. The molecule has 0 spiro atoms. The third kappa shape index (κ3) is 4.66. The second-order valence-corrected chi connectivity index (χ2v) is 7.53. The lowest BCUT2D eigenvalue weighted by molar-refractivity contribution is -0.120. The summed E-state index contributed by atoms with van der Waals surface area (Å²) in [7, 11) is -3.71. The fraction of sp³-hybridized carbons (Fsp3) is 0.278. The predicted molar refractivity (Wildman–Crippen MR) is 94.1 cm³/mol. The number of aryl methyl sites for hydroxylation is 2. The van der Waals surface area contributed by atoms with Gasteiger partial charge in [-0.1, -0.05) is 48.0 Å². The number of sulfonamides is 1. The van der Waals surface area contributed by atoms with E-state index in [1.165, 1.54) is 0 Å². The van der Waals surface area contributed by atoms with Crippen molar-refractivity contribution in [3.8, 4) is 0 Å². The van der Waals surface area contributed by atoms with Crippen molar-refractivity contribution in [1.29, 1.82) is 0 Å². The van der Waals surface area contributed by atoms with Gasteiger partial charge in [-0.25, -0.2) is 13.1 Å². The van der Waals surface area contributed by atoms with Gasteiger partial charge in [0.15, 0.2) is 0 Å². The van der Waals surface area contributed by atoms with E-state index in [4.69, 9.17) is 0 Å². The molecule has 1 unspecified atom stereocenters. The van der Waals surface area contributed by atoms with Gasteiger partial charge < -0.3 is 5.32 Å². The summed E-state index contributed by atoms with van der Waals surface area (Å²) in [6.07, 6.45) is 0. The first-order valence-electron chi connectivity index (χ1n) is 7.71. The van der Waals surface area contributed by atoms with Crippen molar-refractivity contribution < 1.29 is 13.2 Å². The van der Waals surface area contributed by atoms with E-state index >= 15 is 0 Å². The number of rotatable bonds is 6. The smallest absolute Gasteiger partial charge is 0.241 e. The van der Waals surface area contributed by atoms with Crippen LogP contribution in [0.4, 0.5) is 0 Å². The fourth-order valence-corrected chi connectivity index (χ4v) is 3.66. The van der Waals surface area contributed by atoms with Crippen molar-refractivity contribution in [2.45, 2.75) is 31.7 Å². The predicted octanol–water partition coefficient (Wildman–Crippen LogP) is 2.46. The van der Waals surface area contributed by atoms with Gasteiger partial charge in [0.05, 0.1) is 17.5 Å². The van der Waals surface area contributed by atoms with Gasteiger partial charge in [-0.3, -0.25) is 4.79 Å². The Hall–Kier alpha value is -2.18. The van der Waals surface area contributed by atoms with Crippen LogP contribution in [-0.4, -0.2) is 20.9 Å². The van der Waals surface area contributed by atoms with Crippen molar-refractivity contribution in [2.75, 3.05) is 6.54 Å². The number of carbonyl (C=O) groups excluding carboxylic acids is 1. The molecule has 0 heterocycles. The Morgan fingerprint density at radius 2 is 1.75 bits per heavy atom. The Morgan fingerprint density at radius 1 is 1.08 bits per heavy atom. The topological polar surface area (TPSA) is 75.3 Å². The molecule has 0 radical (unpaired) electrons. The summed E-state index contributed by atoms with van der Waals surface area (Å²) in [5.41, 5.74) is 2.60. The lowest BCUT2D eigenvalue weighted by atomic mass is 10.1. The van der Waals surface area contributed by atoms with Crippen LogP contribution in [0.5, 0.6) is 0 Å². The quantitative estimate of drug-likeness (QED) is 0.844. The molecule has 0 fully saturated rings. The molecule has 0 bridgehead atoms. The van der Waals surface area contributed by atoms with Crippen molar-refractivity contribution >= 4 is 15.9 Å². The summed E-state index contributed by atoms with van der Waals surface area (Å²) >= 11 is 0. The van der Waals surface area contributed by atoms with Crippen molar-refractivity contribution in [2.24, 2.45) is 0 Å². The summed E-state index contributed by atoms with van der Waals surface area (Å²) in [6.45, 7) is 5.19. The van der Waals surface area contributed by atoms with Gasteiger partial charge in [-0.2, -0.15) is 0 Å². The van der Waals surface area contributed by atoms with Gasteiger partial charge in [0.1, 0.15) is 0 Å². The van der Waals surface area contributed by atoms with Crippen molar-refractivity contribution in [3.05, 3.63) is 65.2 Å². The number of benzene rings is 2. The van der Waals surface area contributed by atoms with Crippen LogP contribution in [0.1, 0.15) is 29.7 Å². The largest absolute Gasteiger partial charge is 0.348 e. The summed E-state index contributed by atoms with van der Waals surface area (Å²) < 4.78 is 27.0. The molecule has 0 saturated heterocycles. The molecule has 2 aromatic rings. The molecule has 5 nitrogen and oxygen atoms in total. The monoisotopic (exact) mass is 346 g/mol. The van der Waals surface area contributed by atoms with Crippen LogP contribution < -0.4 is 10.0 Å². The second kappa shape index (κ2) is 7.59. The first-order chi connectivity index (χ1) is 11.3. The van der Waals surface area contributed by atoms with Crippen LogP contribution in [0.15, 0.2) is 53.4 Å². The molecular formula is C18H22N2O3S. The number of hydrogen-bond acceptors (Lipinski definition) is 3. The van der Waals surface area contributed by atoms with Crippen LogP contribution >= 0.6 is 0 Å².